The molecule has 0 saturated carbocycles. The predicted octanol–water partition coefficient (Wildman–Crippen LogP) is 7.39. The van der Waals surface area contributed by atoms with E-state index in [1.165, 1.54) is 69.8 Å². The maximum Gasteiger partial charge on any atom is -0.0326 e. The number of hydrogen-bond acceptors (Lipinski definition) is 0. The van der Waals surface area contributed by atoms with Gasteiger partial charge >= 0.3 is 0 Å². The highest BCUT2D eigenvalue weighted by Gasteiger charge is 2.10. The summed E-state index contributed by atoms with van der Waals surface area (Å²) in [7, 11) is 0. The minimum absolute atomic E-state index is 0.852. The first kappa shape index (κ1) is 19.7. The molecule has 0 aromatic carbocycles. The van der Waals surface area contributed by atoms with Crippen LogP contribution in [0.1, 0.15) is 98.8 Å². The van der Waals surface area contributed by atoms with Gasteiger partial charge in [0.05, 0.1) is 0 Å². The summed E-state index contributed by atoms with van der Waals surface area (Å²) in [4.78, 5) is 0. The normalized spacial score (nSPS) is 14.5. The van der Waals surface area contributed by atoms with Gasteiger partial charge in [-0.05, 0) is 43.9 Å². The summed E-state index contributed by atoms with van der Waals surface area (Å²) in [6.07, 6.45) is 14.0. The van der Waals surface area contributed by atoms with Crippen LogP contribution in [0.2, 0.25) is 0 Å². The number of rotatable bonds is 13. The summed E-state index contributed by atoms with van der Waals surface area (Å²) >= 11 is 0. The highest BCUT2D eigenvalue weighted by atomic mass is 14.2. The van der Waals surface area contributed by atoms with Gasteiger partial charge in [0.2, 0.25) is 0 Å². The Morgan fingerprint density at radius 1 is 0.900 bits per heavy atom. The predicted molar refractivity (Wildman–Crippen MR) is 94.2 cm³/mol. The molecule has 0 spiro atoms. The number of unbranched alkanes of at least 4 members (excludes halogenated alkanes) is 2. The van der Waals surface area contributed by atoms with Gasteiger partial charge in [-0.15, -0.1) is 6.58 Å². The molecular formula is C20H40. The lowest BCUT2D eigenvalue weighted by Gasteiger charge is -2.19. The van der Waals surface area contributed by atoms with Crippen molar-refractivity contribution in [2.75, 3.05) is 0 Å². The van der Waals surface area contributed by atoms with Crippen LogP contribution in [0.4, 0.5) is 0 Å². The molecule has 0 aliphatic carbocycles. The van der Waals surface area contributed by atoms with Crippen LogP contribution in [0.15, 0.2) is 12.2 Å². The van der Waals surface area contributed by atoms with E-state index in [-0.39, 0.29) is 0 Å². The van der Waals surface area contributed by atoms with Gasteiger partial charge in [0, 0.05) is 0 Å². The quantitative estimate of drug-likeness (QED) is 0.244. The highest BCUT2D eigenvalue weighted by Crippen LogP contribution is 2.25. The van der Waals surface area contributed by atoms with Gasteiger partial charge in [-0.3, -0.25) is 0 Å². The van der Waals surface area contributed by atoms with Crippen molar-refractivity contribution in [3.05, 3.63) is 12.2 Å². The molecule has 0 N–H and O–H groups in total. The van der Waals surface area contributed by atoms with Crippen LogP contribution in [0.3, 0.4) is 0 Å². The van der Waals surface area contributed by atoms with Gasteiger partial charge in [0.25, 0.3) is 0 Å². The first-order valence-electron chi connectivity index (χ1n) is 9.10. The van der Waals surface area contributed by atoms with E-state index in [4.69, 9.17) is 0 Å². The molecule has 2 atom stereocenters. The highest BCUT2D eigenvalue weighted by molar-refractivity contribution is 4.87. The second-order valence-electron chi connectivity index (χ2n) is 7.50. The largest absolute Gasteiger partial charge is 0.100 e. The second-order valence-corrected chi connectivity index (χ2v) is 7.50. The van der Waals surface area contributed by atoms with Crippen molar-refractivity contribution in [2.24, 2.45) is 17.8 Å². The zero-order valence-corrected chi connectivity index (χ0v) is 15.0. The van der Waals surface area contributed by atoms with E-state index < -0.39 is 0 Å². The number of hydrogen-bond donors (Lipinski definition) is 0. The van der Waals surface area contributed by atoms with Crippen LogP contribution < -0.4 is 0 Å². The van der Waals surface area contributed by atoms with Crippen LogP contribution in [0, 0.1) is 17.8 Å². The van der Waals surface area contributed by atoms with Crippen molar-refractivity contribution in [3.63, 3.8) is 0 Å². The summed E-state index contributed by atoms with van der Waals surface area (Å²) in [6, 6.07) is 0. The minimum atomic E-state index is 0.852. The van der Waals surface area contributed by atoms with Gasteiger partial charge < -0.3 is 0 Å². The van der Waals surface area contributed by atoms with E-state index in [1.54, 1.807) is 0 Å². The van der Waals surface area contributed by atoms with Crippen molar-refractivity contribution < 1.29 is 0 Å². The van der Waals surface area contributed by atoms with Crippen molar-refractivity contribution >= 4 is 0 Å². The first-order chi connectivity index (χ1) is 9.45. The Labute approximate surface area is 129 Å². The molecule has 2 unspecified atom stereocenters. The van der Waals surface area contributed by atoms with Crippen LogP contribution in [-0.2, 0) is 0 Å². The molecule has 120 valence electrons. The van der Waals surface area contributed by atoms with Gasteiger partial charge in [0.1, 0.15) is 0 Å². The van der Waals surface area contributed by atoms with E-state index >= 15 is 0 Å². The molecule has 0 bridgehead atoms. The SMILES string of the molecule is C=C(C)CCCC(CCCCCC(C)CC)CC(C)C. The minimum Gasteiger partial charge on any atom is -0.100 e. The lowest BCUT2D eigenvalue weighted by atomic mass is 9.87. The molecule has 0 amide bonds. The van der Waals surface area contributed by atoms with Crippen LogP contribution in [-0.4, -0.2) is 0 Å². The second kappa shape index (κ2) is 12.5. The molecule has 0 nitrogen and oxygen atoms in total. The fourth-order valence-electron chi connectivity index (χ4n) is 3.05. The maximum absolute atomic E-state index is 4.02. The van der Waals surface area contributed by atoms with Crippen molar-refractivity contribution in [1.82, 2.24) is 0 Å². The molecule has 0 aliphatic rings. The van der Waals surface area contributed by atoms with Crippen molar-refractivity contribution in [1.29, 1.82) is 0 Å². The lowest BCUT2D eigenvalue weighted by Crippen LogP contribution is -2.05. The molecule has 0 fully saturated rings. The molecule has 0 rings (SSSR count). The summed E-state index contributed by atoms with van der Waals surface area (Å²) < 4.78 is 0. The van der Waals surface area contributed by atoms with E-state index in [9.17, 15) is 0 Å². The topological polar surface area (TPSA) is 0 Å². The van der Waals surface area contributed by atoms with Gasteiger partial charge in [-0.2, -0.15) is 0 Å². The zero-order valence-electron chi connectivity index (χ0n) is 15.0. The third-order valence-corrected chi connectivity index (χ3v) is 4.53. The van der Waals surface area contributed by atoms with Gasteiger partial charge in [-0.1, -0.05) is 78.2 Å². The Bertz CT molecular complexity index is 226. The average molecular weight is 281 g/mol. The average Bonchev–Trinajstić information content (AvgIpc) is 2.36. The molecule has 0 aromatic rings. The van der Waals surface area contributed by atoms with Crippen molar-refractivity contribution in [3.8, 4) is 0 Å². The van der Waals surface area contributed by atoms with Gasteiger partial charge in [0.15, 0.2) is 0 Å². The summed E-state index contributed by atoms with van der Waals surface area (Å²) in [6.45, 7) is 15.6. The Balaban J connectivity index is 3.77. The molecular weight excluding hydrogens is 240 g/mol. The monoisotopic (exact) mass is 280 g/mol. The first-order valence-corrected chi connectivity index (χ1v) is 9.10. The summed E-state index contributed by atoms with van der Waals surface area (Å²) in [5, 5.41) is 0. The Morgan fingerprint density at radius 3 is 2.05 bits per heavy atom. The van der Waals surface area contributed by atoms with E-state index in [1.807, 2.05) is 0 Å². The summed E-state index contributed by atoms with van der Waals surface area (Å²) in [5.41, 5.74) is 1.35. The van der Waals surface area contributed by atoms with E-state index in [0.717, 1.165) is 17.8 Å². The Morgan fingerprint density at radius 2 is 1.50 bits per heavy atom. The van der Waals surface area contributed by atoms with Crippen LogP contribution in [0.5, 0.6) is 0 Å². The third-order valence-electron chi connectivity index (χ3n) is 4.53. The fourth-order valence-corrected chi connectivity index (χ4v) is 3.05. The van der Waals surface area contributed by atoms with E-state index in [0.29, 0.717) is 0 Å². The van der Waals surface area contributed by atoms with Crippen molar-refractivity contribution in [2.45, 2.75) is 98.8 Å². The molecule has 0 aliphatic heterocycles. The fraction of sp³-hybridized carbons (Fsp3) is 0.900. The molecule has 0 heterocycles. The smallest absolute Gasteiger partial charge is 0.0326 e. The molecule has 0 saturated heterocycles. The Kier molecular flexibility index (Phi) is 12.3. The van der Waals surface area contributed by atoms with E-state index in [2.05, 4.69) is 41.2 Å². The Hall–Kier alpha value is -0.260. The standard InChI is InChI=1S/C20H40/c1-7-19(6)13-9-8-10-14-20(16-18(4)5)15-11-12-17(2)3/h18-20H,2,7-16H2,1,3-6H3. The molecule has 20 heavy (non-hydrogen) atoms. The maximum atomic E-state index is 4.02. The number of allylic oxidation sites excluding steroid dienone is 1. The van der Waals surface area contributed by atoms with Crippen LogP contribution >= 0.6 is 0 Å². The zero-order chi connectivity index (χ0) is 15.4. The van der Waals surface area contributed by atoms with Gasteiger partial charge in [-0.25, -0.2) is 0 Å². The lowest BCUT2D eigenvalue weighted by molar-refractivity contribution is 0.341. The van der Waals surface area contributed by atoms with Crippen LogP contribution in [0.25, 0.3) is 0 Å². The molecule has 0 heteroatoms. The summed E-state index contributed by atoms with van der Waals surface area (Å²) in [5.74, 6) is 2.74. The molecule has 0 radical (unpaired) electrons. The third kappa shape index (κ3) is 12.8. The molecule has 0 aromatic heterocycles.